The number of para-hydroxylation sites is 1. The number of carbonyl (C=O) groups is 1. The zero-order valence-electron chi connectivity index (χ0n) is 15.8. The molecule has 1 aliphatic carbocycles. The van der Waals surface area contributed by atoms with Gasteiger partial charge in [0.2, 0.25) is 0 Å². The molecule has 1 aromatic heterocycles. The summed E-state index contributed by atoms with van der Waals surface area (Å²) in [6.45, 7) is 3.04. The summed E-state index contributed by atoms with van der Waals surface area (Å²) in [7, 11) is 1.83. The lowest BCUT2D eigenvalue weighted by Gasteiger charge is -2.19. The number of pyridine rings is 1. The number of carbonyl (C=O) groups excluding carboxylic acids is 1. The van der Waals surface area contributed by atoms with E-state index in [2.05, 4.69) is 0 Å². The Morgan fingerprint density at radius 1 is 1.15 bits per heavy atom. The van der Waals surface area contributed by atoms with Crippen LogP contribution in [0.1, 0.15) is 40.4 Å². The molecule has 138 valence electrons. The van der Waals surface area contributed by atoms with E-state index in [1.807, 2.05) is 68.6 Å². The predicted octanol–water partition coefficient (Wildman–Crippen LogP) is 4.57. The largest absolute Gasteiger partial charge is 0.492 e. The zero-order valence-corrected chi connectivity index (χ0v) is 15.8. The molecule has 4 heteroatoms. The number of fused-ring (bicyclic) bond motifs is 1. The van der Waals surface area contributed by atoms with Crippen LogP contribution in [0, 0.1) is 6.92 Å². The van der Waals surface area contributed by atoms with E-state index in [1.54, 1.807) is 4.90 Å². The summed E-state index contributed by atoms with van der Waals surface area (Å²) in [5, 5.41) is 0.915. The molecule has 0 radical (unpaired) electrons. The first-order valence-corrected chi connectivity index (χ1v) is 9.46. The number of hydrogen-bond donors (Lipinski definition) is 0. The van der Waals surface area contributed by atoms with Gasteiger partial charge in [0.1, 0.15) is 12.4 Å². The van der Waals surface area contributed by atoms with Crippen molar-refractivity contribution in [2.75, 3.05) is 20.2 Å². The fraction of sp³-hybridized carbons (Fsp3) is 0.304. The first kappa shape index (κ1) is 17.5. The van der Waals surface area contributed by atoms with Gasteiger partial charge < -0.3 is 9.64 Å². The molecule has 0 aliphatic heterocycles. The Morgan fingerprint density at radius 3 is 2.63 bits per heavy atom. The van der Waals surface area contributed by atoms with Crippen LogP contribution in [-0.2, 0) is 0 Å². The second-order valence-corrected chi connectivity index (χ2v) is 7.27. The average Bonchev–Trinajstić information content (AvgIpc) is 3.53. The normalized spacial score (nSPS) is 13.6. The number of rotatable bonds is 6. The van der Waals surface area contributed by atoms with Gasteiger partial charge in [0.05, 0.1) is 17.6 Å². The van der Waals surface area contributed by atoms with E-state index in [0.29, 0.717) is 19.1 Å². The molecule has 4 rings (SSSR count). The molecule has 1 amide bonds. The van der Waals surface area contributed by atoms with Gasteiger partial charge in [0, 0.05) is 24.0 Å². The summed E-state index contributed by atoms with van der Waals surface area (Å²) in [6.07, 6.45) is 2.33. The maximum Gasteiger partial charge on any atom is 0.254 e. The molecule has 0 bridgehead atoms. The standard InChI is InChI=1S/C23H24N2O2/c1-16-7-11-18(12-8-16)27-14-13-25(2)23(26)20-15-22(17-9-10-17)24-21-6-4-3-5-19(20)21/h3-8,11-12,15,17H,9-10,13-14H2,1-2H3. The first-order chi connectivity index (χ1) is 13.1. The maximum atomic E-state index is 13.1. The third kappa shape index (κ3) is 3.95. The highest BCUT2D eigenvalue weighted by molar-refractivity contribution is 6.06. The van der Waals surface area contributed by atoms with Crippen molar-refractivity contribution in [1.29, 1.82) is 0 Å². The highest BCUT2D eigenvalue weighted by Gasteiger charge is 2.27. The van der Waals surface area contributed by atoms with Crippen molar-refractivity contribution in [2.24, 2.45) is 0 Å². The fourth-order valence-corrected chi connectivity index (χ4v) is 3.20. The minimum absolute atomic E-state index is 0.0167. The number of likely N-dealkylation sites (N-methyl/N-ethyl adjacent to an activating group) is 1. The SMILES string of the molecule is Cc1ccc(OCCN(C)C(=O)c2cc(C3CC3)nc3ccccc23)cc1. The second kappa shape index (κ2) is 7.39. The summed E-state index contributed by atoms with van der Waals surface area (Å²) in [5.41, 5.74) is 3.88. The number of nitrogens with zero attached hydrogens (tertiary/aromatic N) is 2. The molecule has 1 heterocycles. The molecular weight excluding hydrogens is 336 g/mol. The Kier molecular flexibility index (Phi) is 4.80. The van der Waals surface area contributed by atoms with E-state index >= 15 is 0 Å². The van der Waals surface area contributed by atoms with Crippen molar-refractivity contribution in [3.05, 3.63) is 71.4 Å². The van der Waals surface area contributed by atoms with Crippen LogP contribution in [0.2, 0.25) is 0 Å². The van der Waals surface area contributed by atoms with Crippen LogP contribution in [0.4, 0.5) is 0 Å². The molecule has 0 atom stereocenters. The lowest BCUT2D eigenvalue weighted by molar-refractivity contribution is 0.0775. The Bertz CT molecular complexity index is 962. The Labute approximate surface area is 159 Å². The van der Waals surface area contributed by atoms with Gasteiger partial charge in [-0.15, -0.1) is 0 Å². The van der Waals surface area contributed by atoms with Crippen molar-refractivity contribution in [3.63, 3.8) is 0 Å². The number of aryl methyl sites for hydroxylation is 1. The van der Waals surface area contributed by atoms with Gasteiger partial charge in [-0.1, -0.05) is 35.9 Å². The minimum atomic E-state index is 0.0167. The molecular formula is C23H24N2O2. The van der Waals surface area contributed by atoms with E-state index in [9.17, 15) is 4.79 Å². The molecule has 1 saturated carbocycles. The smallest absolute Gasteiger partial charge is 0.254 e. The van der Waals surface area contributed by atoms with Gasteiger partial charge in [0.15, 0.2) is 0 Å². The van der Waals surface area contributed by atoms with Crippen LogP contribution >= 0.6 is 0 Å². The van der Waals surface area contributed by atoms with Crippen LogP contribution in [0.15, 0.2) is 54.6 Å². The van der Waals surface area contributed by atoms with Crippen molar-refractivity contribution in [3.8, 4) is 5.75 Å². The van der Waals surface area contributed by atoms with Crippen LogP contribution in [0.25, 0.3) is 10.9 Å². The topological polar surface area (TPSA) is 42.4 Å². The van der Waals surface area contributed by atoms with Crippen LogP contribution in [-0.4, -0.2) is 36.0 Å². The van der Waals surface area contributed by atoms with Crippen molar-refractivity contribution in [1.82, 2.24) is 9.88 Å². The molecule has 2 aromatic carbocycles. The van der Waals surface area contributed by atoms with Crippen molar-refractivity contribution < 1.29 is 9.53 Å². The van der Waals surface area contributed by atoms with E-state index in [4.69, 9.17) is 9.72 Å². The molecule has 0 saturated heterocycles. The van der Waals surface area contributed by atoms with E-state index in [-0.39, 0.29) is 5.91 Å². The fourth-order valence-electron chi connectivity index (χ4n) is 3.20. The number of aromatic nitrogens is 1. The number of ether oxygens (including phenoxy) is 1. The molecule has 27 heavy (non-hydrogen) atoms. The van der Waals surface area contributed by atoms with Crippen LogP contribution in [0.3, 0.4) is 0 Å². The lowest BCUT2D eigenvalue weighted by Crippen LogP contribution is -2.31. The van der Waals surface area contributed by atoms with Gasteiger partial charge in [-0.25, -0.2) is 0 Å². The lowest BCUT2D eigenvalue weighted by atomic mass is 10.0. The third-order valence-electron chi connectivity index (χ3n) is 5.03. The number of hydrogen-bond acceptors (Lipinski definition) is 3. The molecule has 0 N–H and O–H groups in total. The van der Waals surface area contributed by atoms with E-state index < -0.39 is 0 Å². The number of amides is 1. The Hall–Kier alpha value is -2.88. The van der Waals surface area contributed by atoms with E-state index in [0.717, 1.165) is 27.9 Å². The molecule has 0 unspecified atom stereocenters. The highest BCUT2D eigenvalue weighted by atomic mass is 16.5. The van der Waals surface area contributed by atoms with Gasteiger partial charge in [-0.05, 0) is 44.0 Å². The molecule has 1 fully saturated rings. The van der Waals surface area contributed by atoms with Gasteiger partial charge in [-0.3, -0.25) is 9.78 Å². The summed E-state index contributed by atoms with van der Waals surface area (Å²) >= 11 is 0. The number of benzene rings is 2. The van der Waals surface area contributed by atoms with Gasteiger partial charge >= 0.3 is 0 Å². The molecule has 4 nitrogen and oxygen atoms in total. The van der Waals surface area contributed by atoms with Gasteiger partial charge in [0.25, 0.3) is 5.91 Å². The van der Waals surface area contributed by atoms with Crippen LogP contribution < -0.4 is 4.74 Å². The molecule has 0 spiro atoms. The zero-order chi connectivity index (χ0) is 18.8. The highest BCUT2D eigenvalue weighted by Crippen LogP contribution is 2.40. The third-order valence-corrected chi connectivity index (χ3v) is 5.03. The average molecular weight is 360 g/mol. The first-order valence-electron chi connectivity index (χ1n) is 9.46. The van der Waals surface area contributed by atoms with Crippen molar-refractivity contribution in [2.45, 2.75) is 25.7 Å². The summed E-state index contributed by atoms with van der Waals surface area (Å²) < 4.78 is 5.77. The summed E-state index contributed by atoms with van der Waals surface area (Å²) in [4.78, 5) is 19.6. The Morgan fingerprint density at radius 2 is 1.89 bits per heavy atom. The van der Waals surface area contributed by atoms with Crippen LogP contribution in [0.5, 0.6) is 5.75 Å². The summed E-state index contributed by atoms with van der Waals surface area (Å²) in [5.74, 6) is 1.35. The maximum absolute atomic E-state index is 13.1. The monoisotopic (exact) mass is 360 g/mol. The predicted molar refractivity (Wildman–Crippen MR) is 107 cm³/mol. The minimum Gasteiger partial charge on any atom is -0.492 e. The van der Waals surface area contributed by atoms with E-state index in [1.165, 1.54) is 18.4 Å². The second-order valence-electron chi connectivity index (χ2n) is 7.27. The van der Waals surface area contributed by atoms with Gasteiger partial charge in [-0.2, -0.15) is 0 Å². The summed E-state index contributed by atoms with van der Waals surface area (Å²) in [6, 6.07) is 17.8. The van der Waals surface area contributed by atoms with Crippen molar-refractivity contribution >= 4 is 16.8 Å². The Balaban J connectivity index is 1.48. The quantitative estimate of drug-likeness (QED) is 0.646. The molecule has 3 aromatic rings. The molecule has 1 aliphatic rings.